The van der Waals surface area contributed by atoms with Gasteiger partial charge >= 0.3 is 0 Å². The summed E-state index contributed by atoms with van der Waals surface area (Å²) in [6.45, 7) is 5.33. The molecule has 1 aromatic rings. The molecule has 0 aliphatic heterocycles. The molecule has 0 fully saturated rings. The van der Waals surface area contributed by atoms with Gasteiger partial charge in [-0.1, -0.05) is 13.0 Å². The van der Waals surface area contributed by atoms with Gasteiger partial charge in [0.05, 0.1) is 11.8 Å². The van der Waals surface area contributed by atoms with Gasteiger partial charge in [0, 0.05) is 24.6 Å². The fraction of sp³-hybridized carbons (Fsp3) is 0.353. The van der Waals surface area contributed by atoms with Crippen LogP contribution in [0.3, 0.4) is 0 Å². The van der Waals surface area contributed by atoms with Gasteiger partial charge in [0.25, 0.3) is 5.91 Å². The number of aliphatic hydroxyl groups is 1. The zero-order chi connectivity index (χ0) is 17.4. The molecule has 0 radical (unpaired) electrons. The Morgan fingerprint density at radius 3 is 2.92 bits per heavy atom. The minimum Gasteiger partial charge on any atom is -0.386 e. The van der Waals surface area contributed by atoms with Crippen LogP contribution in [0.2, 0.25) is 0 Å². The zero-order valence-corrected chi connectivity index (χ0v) is 13.9. The molecule has 0 bridgehead atoms. The summed E-state index contributed by atoms with van der Waals surface area (Å²) in [6.07, 6.45) is 9.19. The molecule has 0 aromatic carbocycles. The average Bonchev–Trinajstić information content (AvgIpc) is 2.59. The average molecular weight is 329 g/mol. The number of hydrogen-bond acceptors (Lipinski definition) is 6. The van der Waals surface area contributed by atoms with Crippen LogP contribution < -0.4 is 16.1 Å². The first kappa shape index (κ1) is 17.8. The molecule has 4 N–H and O–H groups in total. The van der Waals surface area contributed by atoms with Crippen molar-refractivity contribution in [2.45, 2.75) is 25.5 Å². The summed E-state index contributed by atoms with van der Waals surface area (Å²) in [7, 11) is 0. The molecule has 0 saturated carbocycles. The Morgan fingerprint density at radius 2 is 2.29 bits per heavy atom. The quantitative estimate of drug-likeness (QED) is 0.433. The van der Waals surface area contributed by atoms with Gasteiger partial charge in [-0.05, 0) is 37.8 Å². The third kappa shape index (κ3) is 4.27. The normalized spacial score (nSPS) is 23.1. The number of nitrogens with one attached hydrogen (secondary N) is 3. The van der Waals surface area contributed by atoms with Crippen molar-refractivity contribution in [3.05, 3.63) is 54.0 Å². The molecule has 1 aliphatic rings. The molecule has 1 aliphatic carbocycles. The van der Waals surface area contributed by atoms with Crippen molar-refractivity contribution in [1.29, 1.82) is 0 Å². The van der Waals surface area contributed by atoms with Crippen molar-refractivity contribution in [1.82, 2.24) is 21.0 Å². The van der Waals surface area contributed by atoms with Crippen LogP contribution in [0.4, 0.5) is 0 Å². The lowest BCUT2D eigenvalue weighted by molar-refractivity contribution is 0.0953. The van der Waals surface area contributed by atoms with Crippen LogP contribution >= 0.6 is 0 Å². The first-order valence-corrected chi connectivity index (χ1v) is 7.94. The zero-order valence-electron chi connectivity index (χ0n) is 13.9. The molecular formula is C17H23N5O2. The Hall–Kier alpha value is -2.51. The van der Waals surface area contributed by atoms with Crippen LogP contribution in [0.1, 0.15) is 24.2 Å². The minimum absolute atomic E-state index is 0.357. The van der Waals surface area contributed by atoms with E-state index in [1.54, 1.807) is 24.4 Å². The molecule has 128 valence electrons. The molecule has 1 aromatic heterocycles. The Bertz CT molecular complexity index is 642. The maximum Gasteiger partial charge on any atom is 0.272 e. The fourth-order valence-electron chi connectivity index (χ4n) is 2.41. The molecule has 1 amide bonds. The smallest absolute Gasteiger partial charge is 0.272 e. The van der Waals surface area contributed by atoms with E-state index in [2.05, 4.69) is 26.1 Å². The number of hydrazone groups is 1. The van der Waals surface area contributed by atoms with Gasteiger partial charge in [-0.3, -0.25) is 9.78 Å². The summed E-state index contributed by atoms with van der Waals surface area (Å²) in [5, 5.41) is 20.9. The van der Waals surface area contributed by atoms with Crippen LogP contribution in [0, 0.1) is 0 Å². The highest BCUT2D eigenvalue weighted by Gasteiger charge is 2.34. The van der Waals surface area contributed by atoms with Crippen molar-refractivity contribution in [3.63, 3.8) is 0 Å². The molecule has 2 rings (SSSR count). The van der Waals surface area contributed by atoms with Gasteiger partial charge in [-0.25, -0.2) is 5.43 Å². The highest BCUT2D eigenvalue weighted by atomic mass is 16.3. The van der Waals surface area contributed by atoms with E-state index >= 15 is 0 Å². The Balaban J connectivity index is 2.09. The molecule has 2 unspecified atom stereocenters. The van der Waals surface area contributed by atoms with Gasteiger partial charge in [0.1, 0.15) is 11.6 Å². The Morgan fingerprint density at radius 1 is 1.46 bits per heavy atom. The van der Waals surface area contributed by atoms with Crippen LogP contribution in [-0.4, -0.2) is 46.9 Å². The van der Waals surface area contributed by atoms with Crippen LogP contribution in [-0.2, 0) is 0 Å². The van der Waals surface area contributed by atoms with E-state index in [1.165, 1.54) is 12.4 Å². The van der Waals surface area contributed by atoms with Crippen molar-refractivity contribution >= 4 is 12.1 Å². The van der Waals surface area contributed by atoms with Crippen molar-refractivity contribution in [2.75, 3.05) is 13.1 Å². The lowest BCUT2D eigenvalue weighted by Gasteiger charge is -2.34. The molecule has 0 spiro atoms. The van der Waals surface area contributed by atoms with Gasteiger partial charge in [-0.2, -0.15) is 5.10 Å². The van der Waals surface area contributed by atoms with E-state index < -0.39 is 11.6 Å². The van der Waals surface area contributed by atoms with Gasteiger partial charge in [0.15, 0.2) is 0 Å². The molecule has 1 heterocycles. The Labute approximate surface area is 141 Å². The summed E-state index contributed by atoms with van der Waals surface area (Å²) >= 11 is 0. The lowest BCUT2D eigenvalue weighted by atomic mass is 9.88. The third-order valence-electron chi connectivity index (χ3n) is 3.60. The van der Waals surface area contributed by atoms with E-state index in [0.717, 1.165) is 12.2 Å². The Kier molecular flexibility index (Phi) is 6.22. The number of rotatable bonds is 7. The number of aromatic nitrogens is 1. The van der Waals surface area contributed by atoms with E-state index in [9.17, 15) is 9.90 Å². The predicted octanol–water partition coefficient (Wildman–Crippen LogP) is 0.570. The number of carbonyl (C=O) groups is 1. The molecular weight excluding hydrogens is 306 g/mol. The third-order valence-corrected chi connectivity index (χ3v) is 3.60. The number of nitrogens with zero attached hydrogens (tertiary/aromatic N) is 2. The number of hydrogen-bond donors (Lipinski definition) is 4. The number of amides is 1. The summed E-state index contributed by atoms with van der Waals surface area (Å²) < 4.78 is 0. The molecule has 0 saturated heterocycles. The second-order valence-corrected chi connectivity index (χ2v) is 5.33. The SMILES string of the molecule is CCNC1=CC(O)C(C=NNC(=O)c2cccnc2)(NCC)C=C1. The van der Waals surface area contributed by atoms with Crippen LogP contribution in [0.25, 0.3) is 0 Å². The first-order chi connectivity index (χ1) is 11.6. The van der Waals surface area contributed by atoms with E-state index in [4.69, 9.17) is 0 Å². The number of carbonyl (C=O) groups excluding carboxylic acids is 1. The van der Waals surface area contributed by atoms with E-state index in [-0.39, 0.29) is 5.91 Å². The maximum atomic E-state index is 12.0. The molecule has 7 nitrogen and oxygen atoms in total. The first-order valence-electron chi connectivity index (χ1n) is 7.94. The fourth-order valence-corrected chi connectivity index (χ4v) is 2.41. The maximum absolute atomic E-state index is 12.0. The van der Waals surface area contributed by atoms with Gasteiger partial charge in [0.2, 0.25) is 0 Å². The highest BCUT2D eigenvalue weighted by molar-refractivity contribution is 5.94. The summed E-state index contributed by atoms with van der Waals surface area (Å²) in [5.41, 5.74) is 2.86. The number of allylic oxidation sites excluding steroid dienone is 1. The summed E-state index contributed by atoms with van der Waals surface area (Å²) in [5.74, 6) is -0.357. The summed E-state index contributed by atoms with van der Waals surface area (Å²) in [4.78, 5) is 15.9. The monoisotopic (exact) mass is 329 g/mol. The summed E-state index contributed by atoms with van der Waals surface area (Å²) in [6, 6.07) is 3.33. The van der Waals surface area contributed by atoms with E-state index in [1.807, 2.05) is 26.0 Å². The van der Waals surface area contributed by atoms with Crippen molar-refractivity contribution in [2.24, 2.45) is 5.10 Å². The number of aliphatic hydroxyl groups excluding tert-OH is 1. The number of pyridine rings is 1. The van der Waals surface area contributed by atoms with Crippen LogP contribution in [0.15, 0.2) is 53.6 Å². The van der Waals surface area contributed by atoms with Gasteiger partial charge in [-0.15, -0.1) is 0 Å². The standard InChI is InChI=1S/C17H23N5O2/c1-3-19-14-7-8-17(20-4-2,15(23)10-14)12-21-22-16(24)13-6-5-9-18-11-13/h5-12,15,19-20,23H,3-4H2,1-2H3,(H,22,24). The van der Waals surface area contributed by atoms with Crippen LogP contribution in [0.5, 0.6) is 0 Å². The molecule has 24 heavy (non-hydrogen) atoms. The highest BCUT2D eigenvalue weighted by Crippen LogP contribution is 2.19. The predicted molar refractivity (Wildman–Crippen MR) is 93.5 cm³/mol. The van der Waals surface area contributed by atoms with Crippen molar-refractivity contribution in [3.8, 4) is 0 Å². The second-order valence-electron chi connectivity index (χ2n) is 5.33. The minimum atomic E-state index is -0.865. The molecule has 7 heteroatoms. The van der Waals surface area contributed by atoms with E-state index in [0.29, 0.717) is 12.1 Å². The second kappa shape index (κ2) is 8.37. The topological polar surface area (TPSA) is 98.6 Å². The largest absolute Gasteiger partial charge is 0.386 e. The van der Waals surface area contributed by atoms with Crippen molar-refractivity contribution < 1.29 is 9.90 Å². The number of likely N-dealkylation sites (N-methyl/N-ethyl adjacent to an activating group) is 2. The molecule has 2 atom stereocenters. The van der Waals surface area contributed by atoms with Gasteiger partial charge < -0.3 is 15.7 Å². The lowest BCUT2D eigenvalue weighted by Crippen LogP contribution is -2.55.